The van der Waals surface area contributed by atoms with Crippen LogP contribution in [-0.4, -0.2) is 75.8 Å². The maximum Gasteiger partial charge on any atom is 0.333 e. The highest BCUT2D eigenvalue weighted by Gasteiger charge is 2.35. The average Bonchev–Trinajstić information content (AvgIpc) is 3.48. The van der Waals surface area contributed by atoms with Crippen molar-refractivity contribution in [3.8, 4) is 0 Å². The van der Waals surface area contributed by atoms with Gasteiger partial charge in [-0.2, -0.15) is 0 Å². The Bertz CT molecular complexity index is 1600. The molecule has 2 heterocycles. The Morgan fingerprint density at radius 3 is 2.47 bits per heavy atom. The van der Waals surface area contributed by atoms with Gasteiger partial charge in [0.25, 0.3) is 0 Å². The fraction of sp³-hybridized carbons (Fsp3) is 0.429. The van der Waals surface area contributed by atoms with Crippen molar-refractivity contribution in [2.24, 2.45) is 11.8 Å². The highest BCUT2D eigenvalue weighted by molar-refractivity contribution is 5.97. The molecular weight excluding hydrogens is 600 g/mol. The van der Waals surface area contributed by atoms with Crippen LogP contribution in [0.4, 0.5) is 0 Å². The van der Waals surface area contributed by atoms with Gasteiger partial charge in [-0.3, -0.25) is 28.8 Å². The molecular formula is C35H44N6O6. The number of carbonyl (C=O) groups is 5. The summed E-state index contributed by atoms with van der Waals surface area (Å²) in [6, 6.07) is 15.1. The summed E-state index contributed by atoms with van der Waals surface area (Å²) in [4.78, 5) is 69.2. The van der Waals surface area contributed by atoms with Crippen LogP contribution in [0.25, 0.3) is 16.7 Å². The minimum absolute atomic E-state index is 0.0243. The summed E-state index contributed by atoms with van der Waals surface area (Å²) in [7, 11) is 0. The molecule has 1 aliphatic heterocycles. The van der Waals surface area contributed by atoms with Gasteiger partial charge in [0.15, 0.2) is 12.4 Å². The number of esters is 1. The number of nitrogens with zero attached hydrogens (tertiary/aromatic N) is 3. The van der Waals surface area contributed by atoms with Gasteiger partial charge >= 0.3 is 5.97 Å². The highest BCUT2D eigenvalue weighted by Crippen LogP contribution is 2.23. The summed E-state index contributed by atoms with van der Waals surface area (Å²) >= 11 is 0. The molecule has 2 aromatic carbocycles. The molecule has 0 bridgehead atoms. The second kappa shape index (κ2) is 16.6. The number of aromatic nitrogens is 2. The van der Waals surface area contributed by atoms with E-state index < -0.39 is 36.4 Å². The molecule has 0 spiro atoms. The van der Waals surface area contributed by atoms with Crippen LogP contribution in [0.3, 0.4) is 0 Å². The number of hydrogen-bond donors (Lipinski definition) is 3. The molecule has 3 N–H and O–H groups in total. The van der Waals surface area contributed by atoms with Crippen molar-refractivity contribution in [1.29, 1.82) is 0 Å². The number of benzene rings is 2. The monoisotopic (exact) mass is 644 g/mol. The fourth-order valence-corrected chi connectivity index (χ4v) is 5.42. The van der Waals surface area contributed by atoms with Crippen molar-refractivity contribution in [2.45, 2.75) is 65.5 Å². The quantitative estimate of drug-likeness (QED) is 0.179. The molecule has 1 aromatic heterocycles. The van der Waals surface area contributed by atoms with E-state index in [0.717, 1.165) is 16.6 Å². The van der Waals surface area contributed by atoms with E-state index in [9.17, 15) is 24.0 Å². The van der Waals surface area contributed by atoms with Crippen molar-refractivity contribution in [3.63, 3.8) is 0 Å². The minimum atomic E-state index is -0.945. The van der Waals surface area contributed by atoms with E-state index in [-0.39, 0.29) is 36.6 Å². The lowest BCUT2D eigenvalue weighted by atomic mass is 9.98. The molecule has 0 radical (unpaired) electrons. The second-order valence-electron chi connectivity index (χ2n) is 12.3. The normalized spacial score (nSPS) is 15.8. The van der Waals surface area contributed by atoms with Crippen LogP contribution >= 0.6 is 0 Å². The lowest BCUT2D eigenvalue weighted by molar-refractivity contribution is -0.148. The number of amides is 3. The fourth-order valence-electron chi connectivity index (χ4n) is 5.42. The Kier molecular flexibility index (Phi) is 12.4. The van der Waals surface area contributed by atoms with Crippen molar-refractivity contribution in [3.05, 3.63) is 72.6 Å². The van der Waals surface area contributed by atoms with Gasteiger partial charge in [-0.1, -0.05) is 70.2 Å². The maximum absolute atomic E-state index is 13.4. The largest absolute Gasteiger partial charge is 0.454 e. The van der Waals surface area contributed by atoms with E-state index in [4.69, 9.17) is 4.74 Å². The molecule has 0 saturated carbocycles. The smallest absolute Gasteiger partial charge is 0.333 e. The summed E-state index contributed by atoms with van der Waals surface area (Å²) in [6.07, 6.45) is 4.41. The number of fused-ring (bicyclic) bond motifs is 1. The number of ether oxygens (including phenoxy) is 1. The van der Waals surface area contributed by atoms with E-state index in [0.29, 0.717) is 31.5 Å². The first-order chi connectivity index (χ1) is 22.5. The average molecular weight is 645 g/mol. The van der Waals surface area contributed by atoms with Gasteiger partial charge in [-0.25, -0.2) is 15.2 Å². The van der Waals surface area contributed by atoms with Gasteiger partial charge in [-0.05, 0) is 42.4 Å². The van der Waals surface area contributed by atoms with Crippen molar-refractivity contribution in [1.82, 2.24) is 30.6 Å². The maximum atomic E-state index is 13.4. The molecule has 1 aliphatic rings. The standard InChI is InChI=1S/C35H44N6O6/c1-23(2)19-31(43)36-18-16-32(44)41-28(15-10-17-38-41)35(46)39-34(24(3)4)30(42)21-47-33(45)20-29(25-11-6-5-7-12-25)40-22-37-26-13-8-9-14-27(26)40/h5-9,11-14,20,22-24,28,34,38H,10,15-19,21H2,1-4H3,(H,36,43)(H,39,46)/b29-20+. The molecule has 12 nitrogen and oxygen atoms in total. The Balaban J connectivity index is 1.39. The van der Waals surface area contributed by atoms with Gasteiger partial charge in [0.1, 0.15) is 12.4 Å². The van der Waals surface area contributed by atoms with Crippen LogP contribution in [0.2, 0.25) is 0 Å². The van der Waals surface area contributed by atoms with E-state index in [1.165, 1.54) is 11.1 Å². The topological polar surface area (TPSA) is 152 Å². The van der Waals surface area contributed by atoms with E-state index in [1.54, 1.807) is 24.7 Å². The van der Waals surface area contributed by atoms with E-state index >= 15 is 0 Å². The lowest BCUT2D eigenvalue weighted by Gasteiger charge is -2.36. The molecule has 0 aliphatic carbocycles. The third-order valence-corrected chi connectivity index (χ3v) is 7.78. The third-order valence-electron chi connectivity index (χ3n) is 7.78. The van der Waals surface area contributed by atoms with Gasteiger partial charge in [0.05, 0.1) is 22.8 Å². The first-order valence-electron chi connectivity index (χ1n) is 16.1. The summed E-state index contributed by atoms with van der Waals surface area (Å²) in [5, 5.41) is 6.83. The Morgan fingerprint density at radius 1 is 1.02 bits per heavy atom. The number of nitrogens with one attached hydrogen (secondary N) is 3. The minimum Gasteiger partial charge on any atom is -0.454 e. The Labute approximate surface area is 274 Å². The lowest BCUT2D eigenvalue weighted by Crippen LogP contribution is -2.61. The molecule has 250 valence electrons. The van der Waals surface area contributed by atoms with Crippen molar-refractivity contribution >= 4 is 46.2 Å². The van der Waals surface area contributed by atoms with Crippen LogP contribution in [0.1, 0.15) is 58.9 Å². The summed E-state index contributed by atoms with van der Waals surface area (Å²) in [5.41, 5.74) is 5.83. The molecule has 47 heavy (non-hydrogen) atoms. The van der Waals surface area contributed by atoms with Crippen LogP contribution < -0.4 is 16.1 Å². The van der Waals surface area contributed by atoms with Crippen molar-refractivity contribution in [2.75, 3.05) is 19.7 Å². The zero-order chi connectivity index (χ0) is 33.9. The van der Waals surface area contributed by atoms with Crippen LogP contribution in [0, 0.1) is 11.8 Å². The van der Waals surface area contributed by atoms with E-state index in [1.807, 2.05) is 68.4 Å². The molecule has 12 heteroatoms. The first kappa shape index (κ1) is 35.0. The number of ketones is 1. The summed E-state index contributed by atoms with van der Waals surface area (Å²) in [5.74, 6) is -2.25. The van der Waals surface area contributed by atoms with Gasteiger partial charge in [0.2, 0.25) is 17.7 Å². The number of carbonyl (C=O) groups excluding carboxylic acids is 5. The van der Waals surface area contributed by atoms with Crippen molar-refractivity contribution < 1.29 is 28.7 Å². The predicted octanol–water partition coefficient (Wildman–Crippen LogP) is 3.23. The number of para-hydroxylation sites is 2. The molecule has 1 fully saturated rings. The third kappa shape index (κ3) is 9.58. The predicted molar refractivity (Wildman–Crippen MR) is 177 cm³/mol. The van der Waals surface area contributed by atoms with Crippen LogP contribution in [0.15, 0.2) is 67.0 Å². The highest BCUT2D eigenvalue weighted by atomic mass is 16.5. The molecule has 2 unspecified atom stereocenters. The molecule has 2 atom stereocenters. The number of hydrogen-bond acceptors (Lipinski definition) is 8. The molecule has 4 rings (SSSR count). The zero-order valence-electron chi connectivity index (χ0n) is 27.4. The zero-order valence-corrected chi connectivity index (χ0v) is 27.4. The number of Topliss-reactive ketones (excluding diaryl/α,β-unsaturated/α-hetero) is 1. The Hall–Kier alpha value is -4.84. The summed E-state index contributed by atoms with van der Waals surface area (Å²) in [6.45, 7) is 7.57. The van der Waals surface area contributed by atoms with Crippen LogP contribution in [0.5, 0.6) is 0 Å². The number of hydrazine groups is 1. The second-order valence-corrected chi connectivity index (χ2v) is 12.3. The van der Waals surface area contributed by atoms with Gasteiger partial charge in [0, 0.05) is 32.0 Å². The summed E-state index contributed by atoms with van der Waals surface area (Å²) < 4.78 is 7.20. The van der Waals surface area contributed by atoms with Crippen LogP contribution in [-0.2, 0) is 28.7 Å². The van der Waals surface area contributed by atoms with Gasteiger partial charge < -0.3 is 15.4 Å². The van der Waals surface area contributed by atoms with Gasteiger partial charge in [-0.15, -0.1) is 0 Å². The molecule has 3 aromatic rings. The number of rotatable bonds is 14. The van der Waals surface area contributed by atoms with E-state index in [2.05, 4.69) is 21.0 Å². The Morgan fingerprint density at radius 2 is 1.74 bits per heavy atom. The first-order valence-corrected chi connectivity index (χ1v) is 16.1. The molecule has 1 saturated heterocycles. The SMILES string of the molecule is CC(C)CC(=O)NCCC(=O)N1NCCCC1C(=O)NC(C(=O)COC(=O)/C=C(\c1ccccc1)n1cnc2ccccc21)C(C)C. The molecule has 3 amide bonds. The number of imidazole rings is 1.